The molecule has 0 aliphatic rings. The van der Waals surface area contributed by atoms with Gasteiger partial charge in [-0.3, -0.25) is 28.1 Å². The molecule has 0 aromatic rings. The van der Waals surface area contributed by atoms with E-state index >= 15 is 0 Å². The summed E-state index contributed by atoms with van der Waals surface area (Å²) in [7, 11) is -17.6. The highest BCUT2D eigenvalue weighted by molar-refractivity contribution is 7.53. The summed E-state index contributed by atoms with van der Waals surface area (Å²) >= 11 is 0. The Balaban J connectivity index is 3.91. The second kappa shape index (κ2) is 16.4. The SMILES string of the molecule is O=P(O)(O)CN(CCCCCCCCCCCCN(CP(=O)(O)O)CP(=O)(O)O)CP(=O)(O)O. The summed E-state index contributed by atoms with van der Waals surface area (Å²) in [4.78, 5) is 74.4. The van der Waals surface area contributed by atoms with Crippen LogP contribution in [0.2, 0.25) is 0 Å². The first-order chi connectivity index (χ1) is 15.4. The van der Waals surface area contributed by atoms with Gasteiger partial charge in [0.05, 0.1) is 0 Å². The average Bonchev–Trinajstić information content (AvgIpc) is 2.56. The van der Waals surface area contributed by atoms with Crippen LogP contribution in [-0.4, -0.2) is 87.2 Å². The van der Waals surface area contributed by atoms with Crippen LogP contribution in [0.25, 0.3) is 0 Å². The molecule has 0 aromatic heterocycles. The average molecular weight is 576 g/mol. The molecule has 0 atom stereocenters. The Kier molecular flexibility index (Phi) is 16.6. The fourth-order valence-electron chi connectivity index (χ4n) is 3.50. The van der Waals surface area contributed by atoms with Gasteiger partial charge in [-0.15, -0.1) is 0 Å². The standard InChI is InChI=1S/C16H40N2O12P4/c19-31(20,21)13-17(14-32(22,23)24)11-9-7-5-3-1-2-4-6-8-10-12-18(15-33(25,26)27)16-34(28,29)30/h1-16H2,(H2,19,20,21)(H2,22,23,24)(H2,25,26,27)(H2,28,29,30). The topological polar surface area (TPSA) is 237 Å². The van der Waals surface area contributed by atoms with E-state index in [1.807, 2.05) is 0 Å². The Morgan fingerprint density at radius 3 is 0.706 bits per heavy atom. The van der Waals surface area contributed by atoms with Gasteiger partial charge in [0.1, 0.15) is 25.1 Å². The molecule has 0 aliphatic heterocycles. The molecular formula is C16H40N2O12P4. The van der Waals surface area contributed by atoms with Crippen LogP contribution in [0.5, 0.6) is 0 Å². The summed E-state index contributed by atoms with van der Waals surface area (Å²) in [5.41, 5.74) is 0. The van der Waals surface area contributed by atoms with Gasteiger partial charge in [-0.05, 0) is 25.9 Å². The van der Waals surface area contributed by atoms with Gasteiger partial charge in [0, 0.05) is 0 Å². The third kappa shape index (κ3) is 25.6. The van der Waals surface area contributed by atoms with Crippen molar-refractivity contribution in [2.24, 2.45) is 0 Å². The predicted octanol–water partition coefficient (Wildman–Crippen LogP) is 2.03. The number of hydrogen-bond donors (Lipinski definition) is 8. The number of nitrogens with zero attached hydrogens (tertiary/aromatic N) is 2. The molecule has 0 aliphatic carbocycles. The second-order valence-electron chi connectivity index (χ2n) is 8.55. The molecule has 0 rings (SSSR count). The highest BCUT2D eigenvalue weighted by Gasteiger charge is 2.26. The fourth-order valence-corrected chi connectivity index (χ4v) is 6.86. The molecule has 0 aromatic carbocycles. The second-order valence-corrected chi connectivity index (χ2v) is 15.0. The molecule has 0 fully saturated rings. The lowest BCUT2D eigenvalue weighted by molar-refractivity contribution is 0.270. The summed E-state index contributed by atoms with van der Waals surface area (Å²) in [6.45, 7) is 0.383. The molecule has 0 saturated heterocycles. The van der Waals surface area contributed by atoms with Crippen molar-refractivity contribution in [2.45, 2.75) is 64.2 Å². The molecule has 0 unspecified atom stereocenters. The zero-order valence-corrected chi connectivity index (χ0v) is 22.8. The molecule has 0 radical (unpaired) electrons. The fraction of sp³-hybridized carbons (Fsp3) is 1.00. The predicted molar refractivity (Wildman–Crippen MR) is 127 cm³/mol. The minimum absolute atomic E-state index is 0.192. The van der Waals surface area contributed by atoms with E-state index in [1.54, 1.807) is 0 Å². The van der Waals surface area contributed by atoms with Gasteiger partial charge < -0.3 is 39.1 Å². The van der Waals surface area contributed by atoms with E-state index in [9.17, 15) is 18.3 Å². The highest BCUT2D eigenvalue weighted by atomic mass is 31.2. The molecule has 14 nitrogen and oxygen atoms in total. The lowest BCUT2D eigenvalue weighted by Gasteiger charge is -2.22. The Morgan fingerprint density at radius 1 is 0.353 bits per heavy atom. The summed E-state index contributed by atoms with van der Waals surface area (Å²) in [6, 6.07) is 0. The summed E-state index contributed by atoms with van der Waals surface area (Å²) in [6.07, 6.45) is 5.59. The number of hydrogen-bond acceptors (Lipinski definition) is 6. The normalized spacial score (nSPS) is 13.8. The Hall–Kier alpha value is 0.520. The minimum Gasteiger partial charge on any atom is -0.324 e. The van der Waals surface area contributed by atoms with Gasteiger partial charge in [0.15, 0.2) is 0 Å². The van der Waals surface area contributed by atoms with Crippen molar-refractivity contribution in [3.05, 3.63) is 0 Å². The van der Waals surface area contributed by atoms with E-state index in [-0.39, 0.29) is 13.1 Å². The first kappa shape index (κ1) is 34.5. The van der Waals surface area contributed by atoms with Crippen LogP contribution < -0.4 is 0 Å². The summed E-state index contributed by atoms with van der Waals surface area (Å²) in [5, 5.41) is 0. The van der Waals surface area contributed by atoms with E-state index in [2.05, 4.69) is 0 Å². The quantitative estimate of drug-likeness (QED) is 0.0721. The van der Waals surface area contributed by atoms with E-state index in [0.29, 0.717) is 12.8 Å². The van der Waals surface area contributed by atoms with E-state index in [1.165, 1.54) is 0 Å². The molecule has 0 bridgehead atoms. The summed E-state index contributed by atoms with van der Waals surface area (Å²) < 4.78 is 44.4. The van der Waals surface area contributed by atoms with Crippen molar-refractivity contribution in [1.29, 1.82) is 0 Å². The zero-order valence-electron chi connectivity index (χ0n) is 19.2. The van der Waals surface area contributed by atoms with Crippen molar-refractivity contribution in [3.63, 3.8) is 0 Å². The molecule has 0 saturated carbocycles. The first-order valence-electron chi connectivity index (χ1n) is 11.0. The van der Waals surface area contributed by atoms with Crippen LogP contribution in [0, 0.1) is 0 Å². The van der Waals surface area contributed by atoms with Crippen LogP contribution in [0.15, 0.2) is 0 Å². The maximum absolute atomic E-state index is 11.1. The smallest absolute Gasteiger partial charge is 0.324 e. The first-order valence-corrected chi connectivity index (χ1v) is 18.2. The third-order valence-corrected chi connectivity index (χ3v) is 7.81. The minimum atomic E-state index is -4.40. The van der Waals surface area contributed by atoms with E-state index in [4.69, 9.17) is 39.1 Å². The van der Waals surface area contributed by atoms with Crippen molar-refractivity contribution in [3.8, 4) is 0 Å². The van der Waals surface area contributed by atoms with Crippen molar-refractivity contribution in [2.75, 3.05) is 38.2 Å². The largest absolute Gasteiger partial charge is 0.339 e. The van der Waals surface area contributed by atoms with Crippen LogP contribution in [0.3, 0.4) is 0 Å². The van der Waals surface area contributed by atoms with E-state index < -0.39 is 55.5 Å². The van der Waals surface area contributed by atoms with Gasteiger partial charge in [-0.1, -0.05) is 51.4 Å². The van der Waals surface area contributed by atoms with Gasteiger partial charge in [0.25, 0.3) is 0 Å². The maximum atomic E-state index is 11.1. The summed E-state index contributed by atoms with van der Waals surface area (Å²) in [5.74, 6) is 0. The lowest BCUT2D eigenvalue weighted by Crippen LogP contribution is -2.27. The Bertz CT molecular complexity index is 636. The monoisotopic (exact) mass is 576 g/mol. The zero-order chi connectivity index (χ0) is 26.5. The number of unbranched alkanes of at least 4 members (excludes halogenated alkanes) is 9. The lowest BCUT2D eigenvalue weighted by atomic mass is 10.1. The molecule has 34 heavy (non-hydrogen) atoms. The van der Waals surface area contributed by atoms with Crippen LogP contribution in [-0.2, 0) is 18.3 Å². The van der Waals surface area contributed by atoms with Gasteiger partial charge in [-0.2, -0.15) is 0 Å². The highest BCUT2D eigenvalue weighted by Crippen LogP contribution is 2.41. The third-order valence-electron chi connectivity index (χ3n) is 4.74. The molecule has 18 heteroatoms. The van der Waals surface area contributed by atoms with Gasteiger partial charge >= 0.3 is 30.4 Å². The Morgan fingerprint density at radius 2 is 0.529 bits per heavy atom. The van der Waals surface area contributed by atoms with Crippen molar-refractivity contribution >= 4 is 30.4 Å². The molecule has 0 spiro atoms. The molecule has 206 valence electrons. The van der Waals surface area contributed by atoms with Crippen LogP contribution in [0.4, 0.5) is 0 Å². The van der Waals surface area contributed by atoms with Crippen LogP contribution >= 0.6 is 30.4 Å². The molecule has 0 heterocycles. The Labute approximate surface area is 200 Å². The molecule has 8 N–H and O–H groups in total. The molecule has 0 amide bonds. The van der Waals surface area contributed by atoms with Gasteiger partial charge in [-0.25, -0.2) is 0 Å². The maximum Gasteiger partial charge on any atom is 0.339 e. The van der Waals surface area contributed by atoms with Gasteiger partial charge in [0.2, 0.25) is 0 Å². The number of rotatable bonds is 21. The van der Waals surface area contributed by atoms with Crippen molar-refractivity contribution in [1.82, 2.24) is 9.80 Å². The van der Waals surface area contributed by atoms with E-state index in [0.717, 1.165) is 61.2 Å². The molecular weight excluding hydrogens is 536 g/mol. The van der Waals surface area contributed by atoms with Crippen LogP contribution in [0.1, 0.15) is 64.2 Å². The van der Waals surface area contributed by atoms with Crippen molar-refractivity contribution < 1.29 is 57.4 Å².